The summed E-state index contributed by atoms with van der Waals surface area (Å²) in [6.07, 6.45) is 0.604. The maximum absolute atomic E-state index is 12.7. The number of non-ortho nitro benzene ring substituents is 1. The Balaban J connectivity index is 1.58. The van der Waals surface area contributed by atoms with Crippen LogP contribution in [0, 0.1) is 10.1 Å². The Morgan fingerprint density at radius 1 is 1.17 bits per heavy atom. The van der Waals surface area contributed by atoms with Gasteiger partial charge in [0, 0.05) is 53.8 Å². The van der Waals surface area contributed by atoms with Crippen LogP contribution in [-0.2, 0) is 19.5 Å². The lowest BCUT2D eigenvalue weighted by molar-refractivity contribution is -0.384. The molecule has 0 saturated heterocycles. The van der Waals surface area contributed by atoms with Crippen LogP contribution in [0.25, 0.3) is 11.4 Å². The molecule has 0 amide bonds. The van der Waals surface area contributed by atoms with Crippen molar-refractivity contribution in [2.75, 3.05) is 6.54 Å². The summed E-state index contributed by atoms with van der Waals surface area (Å²) in [5, 5.41) is 12.1. The zero-order chi connectivity index (χ0) is 20.5. The molecule has 0 bridgehead atoms. The van der Waals surface area contributed by atoms with Crippen LogP contribution in [-0.4, -0.2) is 26.3 Å². The van der Waals surface area contributed by atoms with Crippen LogP contribution in [0.3, 0.4) is 0 Å². The summed E-state index contributed by atoms with van der Waals surface area (Å²) in [5.74, 6) is 0.514. The van der Waals surface area contributed by atoms with E-state index in [0.717, 1.165) is 11.3 Å². The molecule has 9 heteroatoms. The Bertz CT molecular complexity index is 1150. The molecule has 1 aliphatic rings. The molecule has 0 aliphatic carbocycles. The van der Waals surface area contributed by atoms with Crippen LogP contribution in [0.15, 0.2) is 47.3 Å². The van der Waals surface area contributed by atoms with E-state index in [4.69, 9.17) is 23.2 Å². The number of nitrogens with one attached hydrogen (secondary N) is 1. The standard InChI is InChI=1S/C20H16Cl2N4O3/c21-14-3-1-12(2-4-14)19-23-18-7-8-25(11-16(18)20(27)24-19)10-13-9-15(26(28)29)5-6-17(13)22/h1-6,9H,7-8,10-11H2,(H,23,24,27). The molecule has 0 spiro atoms. The highest BCUT2D eigenvalue weighted by Gasteiger charge is 2.23. The first kappa shape index (κ1) is 19.6. The molecule has 1 aliphatic heterocycles. The number of aromatic amines is 1. The van der Waals surface area contributed by atoms with E-state index in [2.05, 4.69) is 9.97 Å². The minimum atomic E-state index is -0.446. The minimum absolute atomic E-state index is 0.00562. The molecule has 3 aromatic rings. The normalized spacial score (nSPS) is 13.9. The number of H-pyrrole nitrogens is 1. The van der Waals surface area contributed by atoms with Crippen molar-refractivity contribution in [3.63, 3.8) is 0 Å². The molecule has 0 atom stereocenters. The van der Waals surface area contributed by atoms with Crippen LogP contribution in [0.1, 0.15) is 16.8 Å². The third-order valence-corrected chi connectivity index (χ3v) is 5.52. The number of halogens is 2. The smallest absolute Gasteiger partial charge is 0.269 e. The minimum Gasteiger partial charge on any atom is -0.306 e. The SMILES string of the molecule is O=c1[nH]c(-c2ccc(Cl)cc2)nc2c1CN(Cc1cc([N+](=O)[O-])ccc1Cl)CC2. The van der Waals surface area contributed by atoms with Gasteiger partial charge in [-0.15, -0.1) is 0 Å². The van der Waals surface area contributed by atoms with Gasteiger partial charge in [-0.3, -0.25) is 19.8 Å². The molecule has 148 valence electrons. The number of rotatable bonds is 4. The van der Waals surface area contributed by atoms with E-state index < -0.39 is 4.92 Å². The molecule has 2 aromatic carbocycles. The summed E-state index contributed by atoms with van der Waals surface area (Å²) < 4.78 is 0. The Kier molecular flexibility index (Phi) is 5.36. The van der Waals surface area contributed by atoms with E-state index in [0.29, 0.717) is 53.1 Å². The van der Waals surface area contributed by atoms with Gasteiger partial charge in [-0.05, 0) is 35.9 Å². The van der Waals surface area contributed by atoms with Crippen molar-refractivity contribution in [1.82, 2.24) is 14.9 Å². The van der Waals surface area contributed by atoms with Crippen molar-refractivity contribution in [2.45, 2.75) is 19.5 Å². The van der Waals surface area contributed by atoms with Gasteiger partial charge in [0.25, 0.3) is 11.2 Å². The topological polar surface area (TPSA) is 92.1 Å². The third-order valence-electron chi connectivity index (χ3n) is 4.90. The lowest BCUT2D eigenvalue weighted by Crippen LogP contribution is -2.35. The van der Waals surface area contributed by atoms with Crippen LogP contribution >= 0.6 is 23.2 Å². The Morgan fingerprint density at radius 3 is 2.66 bits per heavy atom. The summed E-state index contributed by atoms with van der Waals surface area (Å²) in [6.45, 7) is 1.48. The molecule has 1 N–H and O–H groups in total. The molecule has 2 heterocycles. The molecular formula is C20H16Cl2N4O3. The highest BCUT2D eigenvalue weighted by molar-refractivity contribution is 6.31. The summed E-state index contributed by atoms with van der Waals surface area (Å²) >= 11 is 12.1. The van der Waals surface area contributed by atoms with Gasteiger partial charge in [-0.25, -0.2) is 4.98 Å². The fourth-order valence-corrected chi connectivity index (χ4v) is 3.70. The number of aromatic nitrogens is 2. The van der Waals surface area contributed by atoms with Gasteiger partial charge in [0.1, 0.15) is 5.82 Å². The molecule has 0 saturated carbocycles. The van der Waals surface area contributed by atoms with E-state index in [1.807, 2.05) is 17.0 Å². The van der Waals surface area contributed by atoms with Crippen LogP contribution in [0.4, 0.5) is 5.69 Å². The number of hydrogen-bond acceptors (Lipinski definition) is 5. The Morgan fingerprint density at radius 2 is 1.93 bits per heavy atom. The molecule has 7 nitrogen and oxygen atoms in total. The Labute approximate surface area is 176 Å². The lowest BCUT2D eigenvalue weighted by Gasteiger charge is -2.28. The van der Waals surface area contributed by atoms with Gasteiger partial charge < -0.3 is 4.98 Å². The van der Waals surface area contributed by atoms with Gasteiger partial charge in [-0.2, -0.15) is 0 Å². The van der Waals surface area contributed by atoms with Crippen LogP contribution in [0.5, 0.6) is 0 Å². The van der Waals surface area contributed by atoms with E-state index in [9.17, 15) is 14.9 Å². The van der Waals surface area contributed by atoms with Crippen molar-refractivity contribution < 1.29 is 4.92 Å². The van der Waals surface area contributed by atoms with Gasteiger partial charge in [-0.1, -0.05) is 23.2 Å². The number of nitrogens with zero attached hydrogens (tertiary/aromatic N) is 3. The molecule has 29 heavy (non-hydrogen) atoms. The zero-order valence-electron chi connectivity index (χ0n) is 15.2. The zero-order valence-corrected chi connectivity index (χ0v) is 16.7. The quantitative estimate of drug-likeness (QED) is 0.494. The number of hydrogen-bond donors (Lipinski definition) is 1. The summed E-state index contributed by atoms with van der Waals surface area (Å²) in [6, 6.07) is 11.5. The number of benzene rings is 2. The van der Waals surface area contributed by atoms with Crippen molar-refractivity contribution >= 4 is 28.9 Å². The van der Waals surface area contributed by atoms with E-state index in [1.165, 1.54) is 18.2 Å². The second-order valence-electron chi connectivity index (χ2n) is 6.84. The maximum atomic E-state index is 12.7. The number of nitro benzene ring substituents is 1. The van der Waals surface area contributed by atoms with Crippen LogP contribution in [0.2, 0.25) is 10.0 Å². The first-order valence-electron chi connectivity index (χ1n) is 8.94. The fraction of sp³-hybridized carbons (Fsp3) is 0.200. The van der Waals surface area contributed by atoms with E-state index >= 15 is 0 Å². The van der Waals surface area contributed by atoms with Crippen molar-refractivity contribution in [3.05, 3.63) is 89.8 Å². The Hall–Kier alpha value is -2.74. The van der Waals surface area contributed by atoms with Crippen LogP contribution < -0.4 is 5.56 Å². The van der Waals surface area contributed by atoms with E-state index in [1.54, 1.807) is 12.1 Å². The number of fused-ring (bicyclic) bond motifs is 1. The summed E-state index contributed by atoms with van der Waals surface area (Å²) in [7, 11) is 0. The van der Waals surface area contributed by atoms with E-state index in [-0.39, 0.29) is 11.2 Å². The fourth-order valence-electron chi connectivity index (χ4n) is 3.40. The molecule has 0 radical (unpaired) electrons. The van der Waals surface area contributed by atoms with Crippen molar-refractivity contribution in [1.29, 1.82) is 0 Å². The van der Waals surface area contributed by atoms with Gasteiger partial charge in [0.2, 0.25) is 0 Å². The average molecular weight is 431 g/mol. The third kappa shape index (κ3) is 4.17. The lowest BCUT2D eigenvalue weighted by atomic mass is 10.1. The molecular weight excluding hydrogens is 415 g/mol. The first-order valence-corrected chi connectivity index (χ1v) is 9.69. The highest BCUT2D eigenvalue weighted by atomic mass is 35.5. The largest absolute Gasteiger partial charge is 0.306 e. The van der Waals surface area contributed by atoms with Gasteiger partial charge >= 0.3 is 0 Å². The summed E-state index contributed by atoms with van der Waals surface area (Å²) in [5.41, 5.74) is 2.63. The monoisotopic (exact) mass is 430 g/mol. The molecule has 1 aromatic heterocycles. The molecule has 0 unspecified atom stereocenters. The predicted octanol–water partition coefficient (Wildman–Crippen LogP) is 4.21. The molecule has 4 rings (SSSR count). The predicted molar refractivity (Wildman–Crippen MR) is 111 cm³/mol. The van der Waals surface area contributed by atoms with Gasteiger partial charge in [0.15, 0.2) is 0 Å². The molecule has 0 fully saturated rings. The number of nitro groups is 1. The van der Waals surface area contributed by atoms with Gasteiger partial charge in [0.05, 0.1) is 16.2 Å². The average Bonchev–Trinajstić information content (AvgIpc) is 2.70. The summed E-state index contributed by atoms with van der Waals surface area (Å²) in [4.78, 5) is 32.7. The van der Waals surface area contributed by atoms with Crippen molar-refractivity contribution in [2.24, 2.45) is 0 Å². The second-order valence-corrected chi connectivity index (χ2v) is 7.68. The highest BCUT2D eigenvalue weighted by Crippen LogP contribution is 2.26. The second kappa shape index (κ2) is 7.94. The first-order chi connectivity index (χ1) is 13.9. The maximum Gasteiger partial charge on any atom is 0.269 e. The van der Waals surface area contributed by atoms with Crippen molar-refractivity contribution in [3.8, 4) is 11.4 Å².